The molecule has 4 aromatic rings. The van der Waals surface area contributed by atoms with E-state index < -0.39 is 5.97 Å². The number of hydrogen-bond donors (Lipinski definition) is 0. The molecule has 0 saturated heterocycles. The fourth-order valence-electron chi connectivity index (χ4n) is 4.69. The molecule has 0 atom stereocenters. The van der Waals surface area contributed by atoms with Gasteiger partial charge in [0.15, 0.2) is 17.3 Å². The molecule has 2 heterocycles. The van der Waals surface area contributed by atoms with Crippen molar-refractivity contribution in [2.45, 2.75) is 6.92 Å². The van der Waals surface area contributed by atoms with Gasteiger partial charge >= 0.3 is 5.97 Å². The van der Waals surface area contributed by atoms with Crippen molar-refractivity contribution in [3.8, 4) is 34.5 Å². The van der Waals surface area contributed by atoms with Crippen LogP contribution in [0.15, 0.2) is 54.4 Å². The maximum absolute atomic E-state index is 13.3. The molecule has 200 valence electrons. The highest BCUT2D eigenvalue weighted by Gasteiger charge is 2.31. The Balaban J connectivity index is 1.45. The quantitative estimate of drug-likeness (QED) is 0.180. The molecule has 0 aliphatic carbocycles. The summed E-state index contributed by atoms with van der Waals surface area (Å²) in [6, 6.07) is 11.9. The van der Waals surface area contributed by atoms with Crippen molar-refractivity contribution in [3.63, 3.8) is 0 Å². The van der Waals surface area contributed by atoms with Gasteiger partial charge in [-0.1, -0.05) is 0 Å². The van der Waals surface area contributed by atoms with Gasteiger partial charge < -0.3 is 33.0 Å². The summed E-state index contributed by atoms with van der Waals surface area (Å²) < 4.78 is 34.9. The molecule has 1 aromatic heterocycles. The van der Waals surface area contributed by atoms with Crippen LogP contribution in [0.3, 0.4) is 0 Å². The minimum Gasteiger partial charge on any atom is -0.497 e. The lowest BCUT2D eigenvalue weighted by Crippen LogP contribution is -2.10. The first-order chi connectivity index (χ1) is 18.8. The first-order valence-electron chi connectivity index (χ1n) is 12.0. The summed E-state index contributed by atoms with van der Waals surface area (Å²) in [5, 5.41) is 0.924. The molecular formula is C30H27NO8. The zero-order chi connectivity index (χ0) is 27.8. The van der Waals surface area contributed by atoms with Gasteiger partial charge in [-0.2, -0.15) is 0 Å². The molecule has 0 fully saturated rings. The Morgan fingerprint density at radius 2 is 1.62 bits per heavy atom. The molecule has 0 spiro atoms. The number of aryl methyl sites for hydroxylation is 2. The van der Waals surface area contributed by atoms with E-state index in [0.717, 1.165) is 16.5 Å². The number of Topliss-reactive ketones (excluding diaryl/α,β-unsaturated/α-hetero) is 1. The Kier molecular flexibility index (Phi) is 6.66. The normalized spacial score (nSPS) is 13.3. The highest BCUT2D eigenvalue weighted by Crippen LogP contribution is 2.40. The van der Waals surface area contributed by atoms with Crippen LogP contribution in [0, 0.1) is 6.92 Å². The molecule has 0 radical (unpaired) electrons. The number of rotatable bonds is 7. The Morgan fingerprint density at radius 1 is 0.897 bits per heavy atom. The van der Waals surface area contributed by atoms with Crippen molar-refractivity contribution < 1.29 is 38.0 Å². The summed E-state index contributed by atoms with van der Waals surface area (Å²) in [5.41, 5.74) is 3.04. The summed E-state index contributed by atoms with van der Waals surface area (Å²) in [5.74, 6) is 1.56. The number of benzene rings is 3. The molecular weight excluding hydrogens is 502 g/mol. The van der Waals surface area contributed by atoms with E-state index in [4.69, 9.17) is 28.4 Å². The summed E-state index contributed by atoms with van der Waals surface area (Å²) in [6.45, 7) is 1.77. The first kappa shape index (κ1) is 25.7. The molecule has 0 unspecified atom stereocenters. The van der Waals surface area contributed by atoms with Crippen molar-refractivity contribution in [1.82, 2.24) is 4.57 Å². The van der Waals surface area contributed by atoms with Gasteiger partial charge in [-0.25, -0.2) is 4.79 Å². The predicted octanol–water partition coefficient (Wildman–Crippen LogP) is 5.36. The van der Waals surface area contributed by atoms with Crippen LogP contribution < -0.4 is 28.4 Å². The topological polar surface area (TPSA) is 94.5 Å². The molecule has 0 bridgehead atoms. The van der Waals surface area contributed by atoms with Crippen LogP contribution in [0.4, 0.5) is 0 Å². The molecule has 9 heteroatoms. The second kappa shape index (κ2) is 10.1. The molecule has 0 saturated carbocycles. The van der Waals surface area contributed by atoms with E-state index in [1.165, 1.54) is 39.5 Å². The molecule has 1 aliphatic heterocycles. The number of ether oxygens (including phenoxy) is 6. The van der Waals surface area contributed by atoms with E-state index in [2.05, 4.69) is 0 Å². The van der Waals surface area contributed by atoms with Gasteiger partial charge in [-0.05, 0) is 55.0 Å². The predicted molar refractivity (Wildman–Crippen MR) is 145 cm³/mol. The van der Waals surface area contributed by atoms with E-state index in [0.29, 0.717) is 39.9 Å². The number of hydrogen-bond acceptors (Lipinski definition) is 8. The fourth-order valence-corrected chi connectivity index (χ4v) is 4.69. The average molecular weight is 530 g/mol. The van der Waals surface area contributed by atoms with E-state index in [1.807, 2.05) is 36.0 Å². The number of allylic oxidation sites excluding steroid dienone is 1. The first-order valence-corrected chi connectivity index (χ1v) is 12.0. The second-order valence-corrected chi connectivity index (χ2v) is 8.94. The van der Waals surface area contributed by atoms with Gasteiger partial charge in [0.25, 0.3) is 0 Å². The molecule has 0 amide bonds. The van der Waals surface area contributed by atoms with Crippen molar-refractivity contribution in [2.75, 3.05) is 28.4 Å². The maximum Gasteiger partial charge on any atom is 0.343 e. The lowest BCUT2D eigenvalue weighted by atomic mass is 10.0. The largest absolute Gasteiger partial charge is 0.497 e. The third kappa shape index (κ3) is 4.52. The van der Waals surface area contributed by atoms with E-state index in [-0.39, 0.29) is 22.9 Å². The maximum atomic E-state index is 13.3. The SMILES string of the molecule is COc1ccc2c(c1)c(/C=C1\Oc3cc(OC(=O)c4cc(OC)c(OC)c(OC)c4)cc(C)c3C1=O)cn2C. The smallest absolute Gasteiger partial charge is 0.343 e. The van der Waals surface area contributed by atoms with Gasteiger partial charge in [-0.3, -0.25) is 4.79 Å². The summed E-state index contributed by atoms with van der Waals surface area (Å²) >= 11 is 0. The highest BCUT2D eigenvalue weighted by atomic mass is 16.5. The van der Waals surface area contributed by atoms with Crippen LogP contribution >= 0.6 is 0 Å². The summed E-state index contributed by atoms with van der Waals surface area (Å²) in [7, 11) is 7.95. The van der Waals surface area contributed by atoms with Crippen LogP contribution in [0.5, 0.6) is 34.5 Å². The summed E-state index contributed by atoms with van der Waals surface area (Å²) in [4.78, 5) is 26.3. The summed E-state index contributed by atoms with van der Waals surface area (Å²) in [6.07, 6.45) is 3.64. The van der Waals surface area contributed by atoms with Crippen LogP contribution in [-0.2, 0) is 7.05 Å². The van der Waals surface area contributed by atoms with Crippen LogP contribution in [0.2, 0.25) is 0 Å². The number of carbonyl (C=O) groups is 2. The van der Waals surface area contributed by atoms with Crippen molar-refractivity contribution in [3.05, 3.63) is 76.7 Å². The third-order valence-corrected chi connectivity index (χ3v) is 6.57. The van der Waals surface area contributed by atoms with E-state index >= 15 is 0 Å². The molecule has 0 N–H and O–H groups in total. The number of aromatic nitrogens is 1. The lowest BCUT2D eigenvalue weighted by Gasteiger charge is -2.14. The zero-order valence-electron chi connectivity index (χ0n) is 22.4. The second-order valence-electron chi connectivity index (χ2n) is 8.94. The average Bonchev–Trinajstić information content (AvgIpc) is 3.42. The zero-order valence-corrected chi connectivity index (χ0v) is 22.4. The molecule has 39 heavy (non-hydrogen) atoms. The van der Waals surface area contributed by atoms with Gasteiger partial charge in [0, 0.05) is 35.8 Å². The van der Waals surface area contributed by atoms with Gasteiger partial charge in [0.05, 0.1) is 39.6 Å². The van der Waals surface area contributed by atoms with Crippen LogP contribution in [-0.4, -0.2) is 44.8 Å². The van der Waals surface area contributed by atoms with Crippen molar-refractivity contribution >= 4 is 28.7 Å². The molecule has 5 rings (SSSR count). The molecule has 3 aromatic carbocycles. The Hall–Kier alpha value is -4.92. The van der Waals surface area contributed by atoms with Crippen molar-refractivity contribution in [1.29, 1.82) is 0 Å². The highest BCUT2D eigenvalue weighted by molar-refractivity contribution is 6.16. The number of carbonyl (C=O) groups excluding carboxylic acids is 2. The number of ketones is 1. The minimum atomic E-state index is -0.640. The van der Waals surface area contributed by atoms with E-state index in [9.17, 15) is 9.59 Å². The Labute approximate surface area is 225 Å². The van der Waals surface area contributed by atoms with Gasteiger partial charge in [-0.15, -0.1) is 0 Å². The fraction of sp³-hybridized carbons (Fsp3) is 0.200. The standard InChI is InChI=1S/C30H27NO8/c1-16-9-20(38-30(33)17-10-25(35-4)29(37-6)26(11-17)36-5)14-23-27(16)28(32)24(39-23)12-18-15-31(2)22-8-7-19(34-3)13-21(18)22/h7-15H,1-6H3/b24-12-. The van der Waals surface area contributed by atoms with Crippen molar-refractivity contribution in [2.24, 2.45) is 7.05 Å². The van der Waals surface area contributed by atoms with Crippen LogP contribution in [0.1, 0.15) is 31.8 Å². The lowest BCUT2D eigenvalue weighted by molar-refractivity contribution is 0.0733. The minimum absolute atomic E-state index is 0.177. The van der Waals surface area contributed by atoms with Gasteiger partial charge in [0.2, 0.25) is 11.5 Å². The Bertz CT molecular complexity index is 1640. The number of methoxy groups -OCH3 is 4. The monoisotopic (exact) mass is 529 g/mol. The van der Waals surface area contributed by atoms with E-state index in [1.54, 1.807) is 26.2 Å². The number of esters is 1. The van der Waals surface area contributed by atoms with Crippen LogP contribution in [0.25, 0.3) is 17.0 Å². The number of nitrogens with zero attached hydrogens (tertiary/aromatic N) is 1. The Morgan fingerprint density at radius 3 is 2.26 bits per heavy atom. The molecule has 9 nitrogen and oxygen atoms in total. The third-order valence-electron chi connectivity index (χ3n) is 6.57. The molecule has 1 aliphatic rings. The number of fused-ring (bicyclic) bond motifs is 2. The van der Waals surface area contributed by atoms with Gasteiger partial charge in [0.1, 0.15) is 17.2 Å².